The normalized spacial score (nSPS) is 15.2. The molecule has 1 aromatic carbocycles. The van der Waals surface area contributed by atoms with Gasteiger partial charge in [0, 0.05) is 13.1 Å². The Morgan fingerprint density at radius 2 is 1.88 bits per heavy atom. The van der Waals surface area contributed by atoms with Gasteiger partial charge in [0.2, 0.25) is 0 Å². The van der Waals surface area contributed by atoms with Crippen LogP contribution in [0.15, 0.2) is 18.2 Å². The molecule has 0 radical (unpaired) electrons. The first-order chi connectivity index (χ1) is 11.5. The number of amides is 1. The minimum atomic E-state index is -4.01. The summed E-state index contributed by atoms with van der Waals surface area (Å²) in [5.41, 5.74) is 1.28. The van der Waals surface area contributed by atoms with Gasteiger partial charge in [-0.2, -0.15) is 12.7 Å². The minimum absolute atomic E-state index is 0.106. The van der Waals surface area contributed by atoms with Crippen molar-refractivity contribution < 1.29 is 27.5 Å². The van der Waals surface area contributed by atoms with Gasteiger partial charge in [-0.1, -0.05) is 6.07 Å². The zero-order valence-electron chi connectivity index (χ0n) is 14.7. The highest BCUT2D eigenvalue weighted by Gasteiger charge is 2.30. The number of hydrogen-bond donors (Lipinski definition) is 1. The Morgan fingerprint density at radius 3 is 2.48 bits per heavy atom. The molecule has 1 heterocycles. The first kappa shape index (κ1) is 19.2. The van der Waals surface area contributed by atoms with E-state index in [-0.39, 0.29) is 13.1 Å². The lowest BCUT2D eigenvalue weighted by Gasteiger charge is -2.28. The monoisotopic (exact) mass is 370 g/mol. The van der Waals surface area contributed by atoms with Crippen molar-refractivity contribution in [1.82, 2.24) is 9.03 Å². The van der Waals surface area contributed by atoms with E-state index >= 15 is 0 Å². The third-order valence-electron chi connectivity index (χ3n) is 3.56. The molecule has 1 aliphatic rings. The summed E-state index contributed by atoms with van der Waals surface area (Å²) in [5, 5.41) is 0. The molecule has 25 heavy (non-hydrogen) atoms. The standard InChI is InChI=1S/C16H22N2O6S/c1-16(2,3)24-15(20)17-25(21,22)18-8-7-11-9-12(14(19)23-4)5-6-13(11)10-18/h5-6,9H,7-8,10H2,1-4H3,(H,17,20). The van der Waals surface area contributed by atoms with Crippen LogP contribution in [-0.2, 0) is 32.6 Å². The maximum Gasteiger partial charge on any atom is 0.422 e. The van der Waals surface area contributed by atoms with Crippen LogP contribution in [0.3, 0.4) is 0 Å². The lowest BCUT2D eigenvalue weighted by molar-refractivity contribution is 0.0563. The topological polar surface area (TPSA) is 102 Å². The number of carbonyl (C=O) groups excluding carboxylic acids is 2. The van der Waals surface area contributed by atoms with Crippen molar-refractivity contribution in [2.45, 2.75) is 39.3 Å². The van der Waals surface area contributed by atoms with Crippen LogP contribution in [-0.4, -0.2) is 44.0 Å². The summed E-state index contributed by atoms with van der Waals surface area (Å²) in [6.45, 7) is 5.24. The van der Waals surface area contributed by atoms with Crippen molar-refractivity contribution in [2.75, 3.05) is 13.7 Å². The van der Waals surface area contributed by atoms with Crippen LogP contribution in [0.5, 0.6) is 0 Å². The SMILES string of the molecule is COC(=O)c1ccc2c(c1)CCN(S(=O)(=O)NC(=O)OC(C)(C)C)C2. The van der Waals surface area contributed by atoms with E-state index in [2.05, 4.69) is 4.74 Å². The van der Waals surface area contributed by atoms with E-state index in [1.54, 1.807) is 39.0 Å². The molecule has 0 saturated heterocycles. The van der Waals surface area contributed by atoms with Gasteiger partial charge in [-0.15, -0.1) is 0 Å². The van der Waals surface area contributed by atoms with Gasteiger partial charge >= 0.3 is 22.3 Å². The lowest BCUT2D eigenvalue weighted by atomic mass is 9.98. The van der Waals surface area contributed by atoms with Gasteiger partial charge in [-0.3, -0.25) is 0 Å². The van der Waals surface area contributed by atoms with Crippen molar-refractivity contribution >= 4 is 22.3 Å². The van der Waals surface area contributed by atoms with E-state index in [4.69, 9.17) is 4.74 Å². The molecule has 0 bridgehead atoms. The second kappa shape index (κ2) is 7.01. The largest absolute Gasteiger partial charge is 0.465 e. The highest BCUT2D eigenvalue weighted by Crippen LogP contribution is 2.22. The van der Waals surface area contributed by atoms with E-state index < -0.39 is 27.9 Å². The summed E-state index contributed by atoms with van der Waals surface area (Å²) in [4.78, 5) is 23.3. The lowest BCUT2D eigenvalue weighted by Crippen LogP contribution is -2.47. The average Bonchev–Trinajstić information content (AvgIpc) is 2.50. The van der Waals surface area contributed by atoms with Crippen molar-refractivity contribution in [3.63, 3.8) is 0 Å². The van der Waals surface area contributed by atoms with Crippen molar-refractivity contribution in [2.24, 2.45) is 0 Å². The minimum Gasteiger partial charge on any atom is -0.465 e. The van der Waals surface area contributed by atoms with Gasteiger partial charge in [-0.05, 0) is 50.5 Å². The Kier molecular flexibility index (Phi) is 5.38. The summed E-state index contributed by atoms with van der Waals surface area (Å²) in [7, 11) is -2.71. The zero-order chi connectivity index (χ0) is 18.8. The molecule has 1 N–H and O–H groups in total. The van der Waals surface area contributed by atoms with Gasteiger partial charge in [-0.25, -0.2) is 14.3 Å². The molecule has 0 aliphatic carbocycles. The average molecular weight is 370 g/mol. The molecule has 0 unspecified atom stereocenters. The predicted octanol–water partition coefficient (Wildman–Crippen LogP) is 1.60. The number of methoxy groups -OCH3 is 1. The molecule has 2 rings (SSSR count). The van der Waals surface area contributed by atoms with Gasteiger partial charge in [0.05, 0.1) is 12.7 Å². The number of ether oxygens (including phenoxy) is 2. The second-order valence-electron chi connectivity index (χ2n) is 6.67. The van der Waals surface area contributed by atoms with Crippen LogP contribution in [0.1, 0.15) is 42.3 Å². The number of carbonyl (C=O) groups is 2. The molecule has 0 fully saturated rings. The number of benzene rings is 1. The number of esters is 1. The highest BCUT2D eigenvalue weighted by molar-refractivity contribution is 7.87. The summed E-state index contributed by atoms with van der Waals surface area (Å²) in [6.07, 6.45) is -0.589. The quantitative estimate of drug-likeness (QED) is 0.811. The molecule has 1 aromatic rings. The number of fused-ring (bicyclic) bond motifs is 1. The van der Waals surface area contributed by atoms with Crippen LogP contribution >= 0.6 is 0 Å². The smallest absolute Gasteiger partial charge is 0.422 e. The molecule has 1 amide bonds. The highest BCUT2D eigenvalue weighted by atomic mass is 32.2. The van der Waals surface area contributed by atoms with Crippen molar-refractivity contribution in [3.8, 4) is 0 Å². The molecule has 1 aliphatic heterocycles. The number of nitrogens with one attached hydrogen (secondary N) is 1. The van der Waals surface area contributed by atoms with Crippen molar-refractivity contribution in [1.29, 1.82) is 0 Å². The first-order valence-corrected chi connectivity index (χ1v) is 9.17. The maximum atomic E-state index is 12.4. The van der Waals surface area contributed by atoms with E-state index in [0.29, 0.717) is 12.0 Å². The Balaban J connectivity index is 2.11. The molecule has 0 aromatic heterocycles. The van der Waals surface area contributed by atoms with Crippen LogP contribution in [0.2, 0.25) is 0 Å². The first-order valence-electron chi connectivity index (χ1n) is 7.73. The number of hydrogen-bond acceptors (Lipinski definition) is 6. The van der Waals surface area contributed by atoms with Gasteiger partial charge in [0.25, 0.3) is 0 Å². The Hall–Kier alpha value is -2.13. The molecule has 0 saturated carbocycles. The Morgan fingerprint density at radius 1 is 1.20 bits per heavy atom. The summed E-state index contributed by atoms with van der Waals surface area (Å²) in [6, 6.07) is 4.98. The summed E-state index contributed by atoms with van der Waals surface area (Å²) >= 11 is 0. The van der Waals surface area contributed by atoms with Crippen LogP contribution in [0.4, 0.5) is 4.79 Å². The predicted molar refractivity (Wildman–Crippen MR) is 90.2 cm³/mol. The fourth-order valence-electron chi connectivity index (χ4n) is 2.45. The molecule has 9 heteroatoms. The Bertz CT molecular complexity index is 782. The van der Waals surface area contributed by atoms with Crippen LogP contribution in [0, 0.1) is 0 Å². The third-order valence-corrected chi connectivity index (χ3v) is 4.97. The fraction of sp³-hybridized carbons (Fsp3) is 0.500. The summed E-state index contributed by atoms with van der Waals surface area (Å²) in [5.74, 6) is -0.440. The van der Waals surface area contributed by atoms with Crippen LogP contribution in [0.25, 0.3) is 0 Å². The molecular weight excluding hydrogens is 348 g/mol. The van der Waals surface area contributed by atoms with Gasteiger partial charge in [0.1, 0.15) is 5.60 Å². The number of nitrogens with zero attached hydrogens (tertiary/aromatic N) is 1. The van der Waals surface area contributed by atoms with E-state index in [0.717, 1.165) is 15.4 Å². The molecule has 8 nitrogen and oxygen atoms in total. The van der Waals surface area contributed by atoms with E-state index in [1.807, 2.05) is 4.72 Å². The zero-order valence-corrected chi connectivity index (χ0v) is 15.5. The molecule has 0 atom stereocenters. The Labute approximate surface area is 147 Å². The third kappa shape index (κ3) is 4.93. The summed E-state index contributed by atoms with van der Waals surface area (Å²) < 4.78 is 37.4. The maximum absolute atomic E-state index is 12.4. The van der Waals surface area contributed by atoms with Crippen molar-refractivity contribution in [3.05, 3.63) is 34.9 Å². The van der Waals surface area contributed by atoms with E-state index in [1.165, 1.54) is 7.11 Å². The van der Waals surface area contributed by atoms with Crippen LogP contribution < -0.4 is 4.72 Å². The van der Waals surface area contributed by atoms with E-state index in [9.17, 15) is 18.0 Å². The fourth-order valence-corrected chi connectivity index (χ4v) is 3.47. The molecule has 138 valence electrons. The van der Waals surface area contributed by atoms with Gasteiger partial charge < -0.3 is 9.47 Å². The number of rotatable bonds is 3. The molecular formula is C16H22N2O6S. The van der Waals surface area contributed by atoms with Gasteiger partial charge in [0.15, 0.2) is 0 Å². The second-order valence-corrected chi connectivity index (χ2v) is 8.34. The molecule has 0 spiro atoms.